The Morgan fingerprint density at radius 3 is 2.83 bits per heavy atom. The fourth-order valence-corrected chi connectivity index (χ4v) is 1.66. The molecule has 0 spiro atoms. The largest absolute Gasteiger partial charge is 0.495 e. The first-order chi connectivity index (χ1) is 8.58. The van der Waals surface area contributed by atoms with Crippen LogP contribution in [0.1, 0.15) is 11.4 Å². The van der Waals surface area contributed by atoms with Gasteiger partial charge in [-0.15, -0.1) is 0 Å². The summed E-state index contributed by atoms with van der Waals surface area (Å²) in [6, 6.07) is 6.32. The predicted octanol–water partition coefficient (Wildman–Crippen LogP) is 0.657. The lowest BCUT2D eigenvalue weighted by Crippen LogP contribution is -2.10. The molecule has 6 heteroatoms. The number of nitrogens with one attached hydrogen (secondary N) is 1. The van der Waals surface area contributed by atoms with Crippen LogP contribution in [0.5, 0.6) is 11.6 Å². The van der Waals surface area contributed by atoms with E-state index in [0.29, 0.717) is 23.7 Å². The molecular weight excluding hydrogens is 234 g/mol. The standard InChI is InChI=1S/C12H13N3O3/c1-18-9-3-2-7(4-8(9)13)5-10-14-11(16)6-12(17)15-10/h2-4,6H,5,13H2,1H3,(H2,14,15,16,17). The zero-order valence-electron chi connectivity index (χ0n) is 9.80. The Labute approximate surface area is 103 Å². The second-order valence-corrected chi connectivity index (χ2v) is 3.80. The molecule has 0 radical (unpaired) electrons. The van der Waals surface area contributed by atoms with Crippen molar-refractivity contribution < 1.29 is 9.84 Å². The van der Waals surface area contributed by atoms with Gasteiger partial charge < -0.3 is 20.6 Å². The second-order valence-electron chi connectivity index (χ2n) is 3.80. The maximum Gasteiger partial charge on any atom is 0.254 e. The number of hydrogen-bond acceptors (Lipinski definition) is 5. The third-order valence-corrected chi connectivity index (χ3v) is 2.44. The summed E-state index contributed by atoms with van der Waals surface area (Å²) < 4.78 is 5.05. The molecule has 94 valence electrons. The smallest absolute Gasteiger partial charge is 0.254 e. The Balaban J connectivity index is 2.28. The molecule has 0 aliphatic rings. The fourth-order valence-electron chi connectivity index (χ4n) is 1.66. The monoisotopic (exact) mass is 247 g/mol. The van der Waals surface area contributed by atoms with E-state index in [0.717, 1.165) is 11.6 Å². The van der Waals surface area contributed by atoms with E-state index in [1.54, 1.807) is 19.2 Å². The van der Waals surface area contributed by atoms with E-state index in [1.807, 2.05) is 6.07 Å². The second kappa shape index (κ2) is 4.79. The Morgan fingerprint density at radius 1 is 1.44 bits per heavy atom. The van der Waals surface area contributed by atoms with Crippen LogP contribution >= 0.6 is 0 Å². The van der Waals surface area contributed by atoms with E-state index in [2.05, 4.69) is 9.97 Å². The molecule has 0 atom stereocenters. The summed E-state index contributed by atoms with van der Waals surface area (Å²) in [4.78, 5) is 17.5. The highest BCUT2D eigenvalue weighted by molar-refractivity contribution is 5.54. The number of aromatic nitrogens is 2. The van der Waals surface area contributed by atoms with Crippen LogP contribution in [0.4, 0.5) is 5.69 Å². The lowest BCUT2D eigenvalue weighted by Gasteiger charge is -2.07. The number of H-pyrrole nitrogens is 1. The van der Waals surface area contributed by atoms with Crippen molar-refractivity contribution in [1.82, 2.24) is 9.97 Å². The Morgan fingerprint density at radius 2 is 2.22 bits per heavy atom. The van der Waals surface area contributed by atoms with Crippen LogP contribution in [0.25, 0.3) is 0 Å². The SMILES string of the molecule is COc1ccc(Cc2nc(O)cc(=O)[nH]2)cc1N. The lowest BCUT2D eigenvalue weighted by molar-refractivity contribution is 0.417. The van der Waals surface area contributed by atoms with E-state index in [4.69, 9.17) is 10.5 Å². The number of methoxy groups -OCH3 is 1. The molecule has 0 bridgehead atoms. The number of nitrogen functional groups attached to an aromatic ring is 1. The minimum Gasteiger partial charge on any atom is -0.495 e. The predicted molar refractivity (Wildman–Crippen MR) is 66.7 cm³/mol. The van der Waals surface area contributed by atoms with Gasteiger partial charge in [-0.1, -0.05) is 6.07 Å². The molecule has 1 heterocycles. The minimum absolute atomic E-state index is 0.296. The number of aromatic hydroxyl groups is 1. The highest BCUT2D eigenvalue weighted by Crippen LogP contribution is 2.22. The summed E-state index contributed by atoms with van der Waals surface area (Å²) in [5, 5.41) is 9.23. The van der Waals surface area contributed by atoms with E-state index in [9.17, 15) is 9.90 Å². The van der Waals surface area contributed by atoms with Gasteiger partial charge in [-0.3, -0.25) is 4.79 Å². The van der Waals surface area contributed by atoms with Crippen molar-refractivity contribution in [1.29, 1.82) is 0 Å². The molecule has 0 aliphatic heterocycles. The van der Waals surface area contributed by atoms with Crippen molar-refractivity contribution in [3.05, 3.63) is 46.0 Å². The van der Waals surface area contributed by atoms with Crippen LogP contribution in [-0.2, 0) is 6.42 Å². The molecule has 2 rings (SSSR count). The van der Waals surface area contributed by atoms with Crippen LogP contribution in [-0.4, -0.2) is 22.2 Å². The summed E-state index contributed by atoms with van der Waals surface area (Å²) in [5.74, 6) is 0.677. The number of benzene rings is 1. The quantitative estimate of drug-likeness (QED) is 0.691. The molecule has 0 saturated heterocycles. The maximum atomic E-state index is 11.2. The summed E-state index contributed by atoms with van der Waals surface area (Å²) in [7, 11) is 1.54. The van der Waals surface area contributed by atoms with Crippen LogP contribution < -0.4 is 16.0 Å². The van der Waals surface area contributed by atoms with Gasteiger partial charge in [-0.2, -0.15) is 4.98 Å². The van der Waals surface area contributed by atoms with Gasteiger partial charge in [0.2, 0.25) is 5.88 Å². The van der Waals surface area contributed by atoms with Gasteiger partial charge in [0.05, 0.1) is 18.9 Å². The molecule has 0 unspecified atom stereocenters. The average molecular weight is 247 g/mol. The summed E-state index contributed by atoms with van der Waals surface area (Å²) >= 11 is 0. The molecule has 0 saturated carbocycles. The number of hydrogen-bond donors (Lipinski definition) is 3. The zero-order valence-corrected chi connectivity index (χ0v) is 9.80. The summed E-state index contributed by atoms with van der Waals surface area (Å²) in [6.07, 6.45) is 0.373. The van der Waals surface area contributed by atoms with Crippen molar-refractivity contribution in [2.24, 2.45) is 0 Å². The molecule has 6 nitrogen and oxygen atoms in total. The Bertz CT molecular complexity index is 622. The van der Waals surface area contributed by atoms with Crippen molar-refractivity contribution in [3.8, 4) is 11.6 Å². The molecule has 1 aromatic heterocycles. The van der Waals surface area contributed by atoms with Gasteiger partial charge >= 0.3 is 0 Å². The molecule has 1 aromatic carbocycles. The van der Waals surface area contributed by atoms with Crippen molar-refractivity contribution in [2.45, 2.75) is 6.42 Å². The molecule has 0 amide bonds. The molecule has 0 fully saturated rings. The first kappa shape index (κ1) is 12.0. The number of nitrogens with two attached hydrogens (primary N) is 1. The molecule has 4 N–H and O–H groups in total. The number of anilines is 1. The molecule has 2 aromatic rings. The van der Waals surface area contributed by atoms with Gasteiger partial charge in [0.1, 0.15) is 11.6 Å². The van der Waals surface area contributed by atoms with Gasteiger partial charge in [-0.25, -0.2) is 0 Å². The van der Waals surface area contributed by atoms with Gasteiger partial charge in [-0.05, 0) is 17.7 Å². The number of nitrogens with zero attached hydrogens (tertiary/aromatic N) is 1. The van der Waals surface area contributed by atoms with Gasteiger partial charge in [0.15, 0.2) is 0 Å². The van der Waals surface area contributed by atoms with E-state index >= 15 is 0 Å². The van der Waals surface area contributed by atoms with Gasteiger partial charge in [0.25, 0.3) is 5.56 Å². The highest BCUT2D eigenvalue weighted by atomic mass is 16.5. The zero-order chi connectivity index (χ0) is 13.1. The van der Waals surface area contributed by atoms with Crippen molar-refractivity contribution in [3.63, 3.8) is 0 Å². The van der Waals surface area contributed by atoms with E-state index in [1.165, 1.54) is 0 Å². The third-order valence-electron chi connectivity index (χ3n) is 2.44. The van der Waals surface area contributed by atoms with Crippen molar-refractivity contribution >= 4 is 5.69 Å². The Kier molecular flexibility index (Phi) is 3.18. The molecular formula is C12H13N3O3. The van der Waals surface area contributed by atoms with E-state index < -0.39 is 0 Å². The topological polar surface area (TPSA) is 101 Å². The van der Waals surface area contributed by atoms with Crippen LogP contribution in [0.3, 0.4) is 0 Å². The summed E-state index contributed by atoms with van der Waals surface area (Å²) in [5.41, 5.74) is 6.76. The number of rotatable bonds is 3. The molecule has 18 heavy (non-hydrogen) atoms. The van der Waals surface area contributed by atoms with Crippen LogP contribution in [0.15, 0.2) is 29.1 Å². The number of aromatic amines is 1. The van der Waals surface area contributed by atoms with Crippen molar-refractivity contribution in [2.75, 3.05) is 12.8 Å². The van der Waals surface area contributed by atoms with Crippen LogP contribution in [0, 0.1) is 0 Å². The van der Waals surface area contributed by atoms with Gasteiger partial charge in [0, 0.05) is 6.42 Å². The normalized spacial score (nSPS) is 10.3. The average Bonchev–Trinajstić information content (AvgIpc) is 2.27. The third kappa shape index (κ3) is 2.60. The molecule has 0 aliphatic carbocycles. The van der Waals surface area contributed by atoms with E-state index in [-0.39, 0.29) is 11.4 Å². The lowest BCUT2D eigenvalue weighted by atomic mass is 10.1. The highest BCUT2D eigenvalue weighted by Gasteiger charge is 2.04. The minimum atomic E-state index is -0.390. The van der Waals surface area contributed by atoms with Crippen LogP contribution in [0.2, 0.25) is 0 Å². The summed E-state index contributed by atoms with van der Waals surface area (Å²) in [6.45, 7) is 0. The maximum absolute atomic E-state index is 11.2. The fraction of sp³-hybridized carbons (Fsp3) is 0.167. The number of ether oxygens (including phenoxy) is 1. The first-order valence-electron chi connectivity index (χ1n) is 5.30. The first-order valence-corrected chi connectivity index (χ1v) is 5.30. The Hall–Kier alpha value is -2.50.